The van der Waals surface area contributed by atoms with Crippen LogP contribution in [0, 0.1) is 11.6 Å². The average molecular weight is 374 g/mol. The van der Waals surface area contributed by atoms with E-state index in [0.29, 0.717) is 6.54 Å². The zero-order valence-corrected chi connectivity index (χ0v) is 14.2. The first-order valence-corrected chi connectivity index (χ1v) is 8.50. The van der Waals surface area contributed by atoms with Crippen LogP contribution in [0.2, 0.25) is 0 Å². The first-order valence-electron chi connectivity index (χ1n) is 8.50. The molecule has 0 aliphatic carbocycles. The number of hydrogen-bond acceptors (Lipinski definition) is 5. The summed E-state index contributed by atoms with van der Waals surface area (Å²) in [4.78, 5) is 14.4. The smallest absolute Gasteiger partial charge is 0.276 e. The fraction of sp³-hybridized carbons (Fsp3) is 0.263. The van der Waals surface area contributed by atoms with Gasteiger partial charge in [-0.2, -0.15) is 0 Å². The number of para-hydroxylation sites is 1. The van der Waals surface area contributed by atoms with Gasteiger partial charge in [-0.15, -0.1) is 0 Å². The van der Waals surface area contributed by atoms with Gasteiger partial charge in [0.2, 0.25) is 0 Å². The highest BCUT2D eigenvalue weighted by atomic mass is 19.1. The highest BCUT2D eigenvalue weighted by Crippen LogP contribution is 2.33. The Morgan fingerprint density at radius 1 is 1.26 bits per heavy atom. The Labute approximate surface area is 153 Å². The number of hydrogen-bond donors (Lipinski definition) is 0. The maximum absolute atomic E-state index is 13.6. The van der Waals surface area contributed by atoms with Crippen LogP contribution >= 0.6 is 0 Å². The topological polar surface area (TPSA) is 68.7 Å². The number of likely N-dealkylation sites (tertiary alicyclic amines) is 1. The molecule has 8 heteroatoms. The van der Waals surface area contributed by atoms with Crippen molar-refractivity contribution >= 4 is 5.91 Å². The molecule has 1 amide bonds. The molecule has 0 spiro atoms. The molecule has 1 saturated heterocycles. The van der Waals surface area contributed by atoms with Crippen molar-refractivity contribution < 1.29 is 27.3 Å². The van der Waals surface area contributed by atoms with E-state index in [9.17, 15) is 13.6 Å². The summed E-state index contributed by atoms with van der Waals surface area (Å²) in [7, 11) is 0. The first-order chi connectivity index (χ1) is 13.1. The van der Waals surface area contributed by atoms with Crippen molar-refractivity contribution in [2.75, 3.05) is 6.54 Å². The second kappa shape index (κ2) is 7.22. The molecule has 27 heavy (non-hydrogen) atoms. The molecule has 4 rings (SSSR count). The molecular weight excluding hydrogens is 358 g/mol. The van der Waals surface area contributed by atoms with E-state index in [4.69, 9.17) is 13.7 Å². The molecule has 0 radical (unpaired) electrons. The molecule has 3 aromatic rings. The maximum atomic E-state index is 13.6. The van der Waals surface area contributed by atoms with Crippen LogP contribution in [0.25, 0.3) is 0 Å². The summed E-state index contributed by atoms with van der Waals surface area (Å²) in [6, 6.07) is 8.32. The molecule has 1 aromatic carbocycles. The minimum Gasteiger partial charge on any atom is -0.479 e. The van der Waals surface area contributed by atoms with Crippen LogP contribution in [-0.2, 0) is 6.61 Å². The van der Waals surface area contributed by atoms with Gasteiger partial charge in [-0.3, -0.25) is 4.79 Å². The Balaban J connectivity index is 1.45. The Bertz CT molecular complexity index is 919. The number of furan rings is 1. The van der Waals surface area contributed by atoms with Crippen molar-refractivity contribution in [1.29, 1.82) is 0 Å². The predicted octanol–water partition coefficient (Wildman–Crippen LogP) is 4.10. The Morgan fingerprint density at radius 3 is 2.81 bits per heavy atom. The van der Waals surface area contributed by atoms with Crippen LogP contribution in [0.5, 0.6) is 5.75 Å². The molecule has 2 aromatic heterocycles. The number of carbonyl (C=O) groups excluding carboxylic acids is 1. The SMILES string of the molecule is O=C(c1cc(COc2c(F)cccc2F)on1)N1CCCC1c1ccco1. The van der Waals surface area contributed by atoms with E-state index in [1.165, 1.54) is 12.1 Å². The second-order valence-electron chi connectivity index (χ2n) is 6.19. The first kappa shape index (κ1) is 17.3. The predicted molar refractivity (Wildman–Crippen MR) is 88.9 cm³/mol. The van der Waals surface area contributed by atoms with E-state index in [-0.39, 0.29) is 30.0 Å². The Morgan fingerprint density at radius 2 is 2.07 bits per heavy atom. The quantitative estimate of drug-likeness (QED) is 0.672. The lowest BCUT2D eigenvalue weighted by molar-refractivity contribution is 0.0709. The van der Waals surface area contributed by atoms with Gasteiger partial charge in [0.15, 0.2) is 28.8 Å². The van der Waals surface area contributed by atoms with Crippen molar-refractivity contribution in [1.82, 2.24) is 10.1 Å². The fourth-order valence-electron chi connectivity index (χ4n) is 3.18. The summed E-state index contributed by atoms with van der Waals surface area (Å²) in [5, 5.41) is 3.77. The molecule has 1 aliphatic rings. The van der Waals surface area contributed by atoms with E-state index in [1.807, 2.05) is 6.07 Å². The Hall–Kier alpha value is -3.16. The third-order valence-electron chi connectivity index (χ3n) is 4.44. The van der Waals surface area contributed by atoms with Crippen LogP contribution in [0.4, 0.5) is 8.78 Å². The van der Waals surface area contributed by atoms with Crippen molar-refractivity contribution in [3.8, 4) is 5.75 Å². The van der Waals surface area contributed by atoms with Crippen LogP contribution in [0.3, 0.4) is 0 Å². The second-order valence-corrected chi connectivity index (χ2v) is 6.19. The molecule has 1 aliphatic heterocycles. The average Bonchev–Trinajstić information content (AvgIpc) is 3.40. The molecular formula is C19H16F2N2O4. The minimum atomic E-state index is -0.816. The van der Waals surface area contributed by atoms with Gasteiger partial charge in [0.25, 0.3) is 5.91 Å². The molecule has 1 fully saturated rings. The zero-order chi connectivity index (χ0) is 18.8. The highest BCUT2D eigenvalue weighted by Gasteiger charge is 2.33. The van der Waals surface area contributed by atoms with Crippen molar-refractivity contribution in [3.05, 3.63) is 71.5 Å². The van der Waals surface area contributed by atoms with Gasteiger partial charge in [0, 0.05) is 12.6 Å². The van der Waals surface area contributed by atoms with Crippen molar-refractivity contribution in [2.24, 2.45) is 0 Å². The number of nitrogens with zero attached hydrogens (tertiary/aromatic N) is 2. The standard InChI is InChI=1S/C19H16F2N2O4/c20-13-4-1-5-14(21)18(13)26-11-12-10-15(22-27-12)19(24)23-8-2-6-16(23)17-7-3-9-25-17/h1,3-5,7,9-10,16H,2,6,8,11H2. The van der Waals surface area contributed by atoms with E-state index in [1.54, 1.807) is 17.2 Å². The van der Waals surface area contributed by atoms with Gasteiger partial charge in [0.1, 0.15) is 12.4 Å². The number of amides is 1. The Kier molecular flexibility index (Phi) is 4.62. The molecule has 0 saturated carbocycles. The molecule has 3 heterocycles. The number of halogens is 2. The summed E-state index contributed by atoms with van der Waals surface area (Å²) in [5.74, 6) is -1.51. The summed E-state index contributed by atoms with van der Waals surface area (Å²) >= 11 is 0. The molecule has 1 unspecified atom stereocenters. The van der Waals surface area contributed by atoms with E-state index in [0.717, 1.165) is 30.7 Å². The normalized spacial score (nSPS) is 16.7. The number of ether oxygens (including phenoxy) is 1. The van der Waals surface area contributed by atoms with Crippen molar-refractivity contribution in [2.45, 2.75) is 25.5 Å². The van der Waals surface area contributed by atoms with E-state index >= 15 is 0 Å². The minimum absolute atomic E-state index is 0.112. The maximum Gasteiger partial charge on any atom is 0.276 e. The van der Waals surface area contributed by atoms with Gasteiger partial charge in [-0.1, -0.05) is 11.2 Å². The van der Waals surface area contributed by atoms with Gasteiger partial charge in [-0.25, -0.2) is 8.78 Å². The molecule has 1 atom stereocenters. The third kappa shape index (κ3) is 3.42. The monoisotopic (exact) mass is 374 g/mol. The van der Waals surface area contributed by atoms with Gasteiger partial charge in [0.05, 0.1) is 12.3 Å². The van der Waals surface area contributed by atoms with Gasteiger partial charge in [-0.05, 0) is 37.1 Å². The lowest BCUT2D eigenvalue weighted by Gasteiger charge is -2.21. The molecule has 140 valence electrons. The van der Waals surface area contributed by atoms with Crippen molar-refractivity contribution in [3.63, 3.8) is 0 Å². The largest absolute Gasteiger partial charge is 0.479 e. The summed E-state index contributed by atoms with van der Waals surface area (Å²) < 4.78 is 42.8. The van der Waals surface area contributed by atoms with Crippen LogP contribution in [-0.4, -0.2) is 22.5 Å². The highest BCUT2D eigenvalue weighted by molar-refractivity contribution is 5.92. The van der Waals surface area contributed by atoms with E-state index < -0.39 is 17.4 Å². The zero-order valence-electron chi connectivity index (χ0n) is 14.2. The van der Waals surface area contributed by atoms with Gasteiger partial charge >= 0.3 is 0 Å². The number of benzene rings is 1. The summed E-state index contributed by atoms with van der Waals surface area (Å²) in [5.41, 5.74) is 0.112. The van der Waals surface area contributed by atoms with Crippen LogP contribution in [0.1, 0.15) is 40.9 Å². The fourth-order valence-corrected chi connectivity index (χ4v) is 3.18. The van der Waals surface area contributed by atoms with Crippen LogP contribution in [0.15, 0.2) is 51.6 Å². The third-order valence-corrected chi connectivity index (χ3v) is 4.44. The number of carbonyl (C=O) groups is 1. The van der Waals surface area contributed by atoms with Gasteiger partial charge < -0.3 is 18.6 Å². The van der Waals surface area contributed by atoms with E-state index in [2.05, 4.69) is 5.16 Å². The lowest BCUT2D eigenvalue weighted by Crippen LogP contribution is -2.30. The molecule has 0 bridgehead atoms. The number of aromatic nitrogens is 1. The number of rotatable bonds is 5. The summed E-state index contributed by atoms with van der Waals surface area (Å²) in [6.07, 6.45) is 3.24. The molecule has 6 nitrogen and oxygen atoms in total. The summed E-state index contributed by atoms with van der Waals surface area (Å²) in [6.45, 7) is 0.336. The van der Waals surface area contributed by atoms with Crippen LogP contribution < -0.4 is 4.74 Å². The lowest BCUT2D eigenvalue weighted by atomic mass is 10.1. The molecule has 0 N–H and O–H groups in total.